The van der Waals surface area contributed by atoms with Crippen molar-refractivity contribution in [1.29, 1.82) is 0 Å². The van der Waals surface area contributed by atoms with E-state index in [0.717, 1.165) is 19.4 Å². The topological polar surface area (TPSA) is 61.5 Å². The molecule has 0 rings (SSSR count). The zero-order valence-corrected chi connectivity index (χ0v) is 17.9. The first-order chi connectivity index (χ1) is 13.3. The molecule has 0 saturated carbocycles. The van der Waals surface area contributed by atoms with Gasteiger partial charge in [-0.2, -0.15) is 0 Å². The lowest BCUT2D eigenvalue weighted by atomic mass is 10.1. The molecular formula is C23H45NO3. The lowest BCUT2D eigenvalue weighted by Crippen LogP contribution is -2.07. The summed E-state index contributed by atoms with van der Waals surface area (Å²) >= 11 is 0. The molecule has 0 fully saturated rings. The van der Waals surface area contributed by atoms with Crippen molar-refractivity contribution in [2.24, 2.45) is 5.73 Å². The number of hydrogen-bond acceptors (Lipinski definition) is 4. The van der Waals surface area contributed by atoms with Crippen molar-refractivity contribution in [2.45, 2.75) is 110 Å². The summed E-state index contributed by atoms with van der Waals surface area (Å²) in [7, 11) is 0. The first-order valence-corrected chi connectivity index (χ1v) is 11.5. The Morgan fingerprint density at radius 3 is 1.59 bits per heavy atom. The van der Waals surface area contributed by atoms with Crippen LogP contribution >= 0.6 is 0 Å². The average molecular weight is 384 g/mol. The molecule has 0 aromatic carbocycles. The second kappa shape index (κ2) is 23.0. The zero-order valence-electron chi connectivity index (χ0n) is 17.9. The fourth-order valence-corrected chi connectivity index (χ4v) is 3.09. The smallest absolute Gasteiger partial charge is 0.435 e. The van der Waals surface area contributed by atoms with Crippen LogP contribution in [0, 0.1) is 0 Å². The number of unbranched alkanes of at least 4 members (excludes halogenated alkanes) is 14. The van der Waals surface area contributed by atoms with Gasteiger partial charge in [0, 0.05) is 0 Å². The van der Waals surface area contributed by atoms with E-state index in [2.05, 4.69) is 12.2 Å². The number of nitrogens with two attached hydrogens (primary N) is 1. The van der Waals surface area contributed by atoms with Crippen LogP contribution in [0.15, 0.2) is 12.2 Å². The van der Waals surface area contributed by atoms with Gasteiger partial charge in [-0.05, 0) is 52.0 Å². The van der Waals surface area contributed by atoms with Gasteiger partial charge in [0.15, 0.2) is 0 Å². The first kappa shape index (κ1) is 26.0. The monoisotopic (exact) mass is 383 g/mol. The Morgan fingerprint density at radius 1 is 0.667 bits per heavy atom. The third-order valence-electron chi connectivity index (χ3n) is 4.74. The van der Waals surface area contributed by atoms with E-state index < -0.39 is 6.16 Å². The molecule has 0 saturated heterocycles. The highest BCUT2D eigenvalue weighted by Gasteiger charge is 2.00. The molecule has 4 heteroatoms. The lowest BCUT2D eigenvalue weighted by molar-refractivity contribution is 0.0578. The van der Waals surface area contributed by atoms with E-state index in [4.69, 9.17) is 15.2 Å². The Morgan fingerprint density at radius 2 is 1.11 bits per heavy atom. The Kier molecular flexibility index (Phi) is 22.1. The van der Waals surface area contributed by atoms with Crippen LogP contribution in [0.2, 0.25) is 0 Å². The van der Waals surface area contributed by atoms with E-state index >= 15 is 0 Å². The molecule has 0 aliphatic carbocycles. The third kappa shape index (κ3) is 22.9. The molecule has 0 aromatic rings. The van der Waals surface area contributed by atoms with Gasteiger partial charge in [0.25, 0.3) is 0 Å². The van der Waals surface area contributed by atoms with Crippen LogP contribution in [0.5, 0.6) is 0 Å². The van der Waals surface area contributed by atoms with Gasteiger partial charge in [-0.25, -0.2) is 4.79 Å². The molecule has 0 aromatic heterocycles. The van der Waals surface area contributed by atoms with Gasteiger partial charge in [-0.3, -0.25) is 0 Å². The maximum atomic E-state index is 11.0. The molecule has 160 valence electrons. The number of rotatable bonds is 20. The Hall–Kier alpha value is -1.03. The highest BCUT2D eigenvalue weighted by molar-refractivity contribution is 5.59. The molecule has 0 atom stereocenters. The van der Waals surface area contributed by atoms with Gasteiger partial charge in [-0.1, -0.05) is 76.4 Å². The minimum atomic E-state index is -0.537. The average Bonchev–Trinajstić information content (AvgIpc) is 2.66. The molecule has 2 N–H and O–H groups in total. The van der Waals surface area contributed by atoms with Gasteiger partial charge >= 0.3 is 6.16 Å². The molecule has 27 heavy (non-hydrogen) atoms. The second-order valence-corrected chi connectivity index (χ2v) is 7.32. The summed E-state index contributed by atoms with van der Waals surface area (Å²) in [6, 6.07) is 0. The van der Waals surface area contributed by atoms with E-state index in [9.17, 15) is 4.79 Å². The summed E-state index contributed by atoms with van der Waals surface area (Å²) in [5.41, 5.74) is 5.50. The van der Waals surface area contributed by atoms with Gasteiger partial charge in [0.05, 0.1) is 13.2 Å². The largest absolute Gasteiger partial charge is 0.508 e. The highest BCUT2D eigenvalue weighted by atomic mass is 16.7. The number of allylic oxidation sites excluding steroid dienone is 2. The fraction of sp³-hybridized carbons (Fsp3) is 0.870. The Bertz CT molecular complexity index is 332. The van der Waals surface area contributed by atoms with E-state index in [1.54, 1.807) is 6.92 Å². The normalized spacial score (nSPS) is 11.2. The maximum absolute atomic E-state index is 11.0. The molecule has 0 radical (unpaired) electrons. The van der Waals surface area contributed by atoms with Gasteiger partial charge in [-0.15, -0.1) is 0 Å². The molecule has 0 spiro atoms. The third-order valence-corrected chi connectivity index (χ3v) is 4.74. The number of hydrogen-bond donors (Lipinski definition) is 1. The van der Waals surface area contributed by atoms with Crippen molar-refractivity contribution in [3.8, 4) is 0 Å². The minimum absolute atomic E-state index is 0.380. The highest BCUT2D eigenvalue weighted by Crippen LogP contribution is 2.11. The van der Waals surface area contributed by atoms with E-state index in [0.29, 0.717) is 13.2 Å². The summed E-state index contributed by atoms with van der Waals surface area (Å²) in [6.45, 7) is 3.49. The molecule has 0 aliphatic rings. The predicted molar refractivity (Wildman–Crippen MR) is 115 cm³/mol. The quantitative estimate of drug-likeness (QED) is 0.141. The lowest BCUT2D eigenvalue weighted by Gasteiger charge is -2.04. The van der Waals surface area contributed by atoms with Crippen LogP contribution in [0.25, 0.3) is 0 Å². The number of carbonyl (C=O) groups is 1. The molecule has 0 heterocycles. The minimum Gasteiger partial charge on any atom is -0.435 e. The number of carbonyl (C=O) groups excluding carboxylic acids is 1. The second-order valence-electron chi connectivity index (χ2n) is 7.32. The molecule has 0 amide bonds. The van der Waals surface area contributed by atoms with Crippen molar-refractivity contribution in [2.75, 3.05) is 19.8 Å². The van der Waals surface area contributed by atoms with Crippen LogP contribution in [-0.4, -0.2) is 25.9 Å². The molecular weight excluding hydrogens is 338 g/mol. The van der Waals surface area contributed by atoms with E-state index in [1.165, 1.54) is 89.9 Å². The van der Waals surface area contributed by atoms with Crippen LogP contribution in [0.3, 0.4) is 0 Å². The summed E-state index contributed by atoms with van der Waals surface area (Å²) in [6.07, 6.45) is 24.5. The van der Waals surface area contributed by atoms with Crippen molar-refractivity contribution in [1.82, 2.24) is 0 Å². The van der Waals surface area contributed by atoms with Crippen molar-refractivity contribution >= 4 is 6.16 Å². The van der Waals surface area contributed by atoms with E-state index in [1.807, 2.05) is 0 Å². The van der Waals surface area contributed by atoms with Gasteiger partial charge in [0.1, 0.15) is 0 Å². The summed E-state index contributed by atoms with van der Waals surface area (Å²) in [5.74, 6) is 0. The molecule has 4 nitrogen and oxygen atoms in total. The van der Waals surface area contributed by atoms with Crippen LogP contribution in [-0.2, 0) is 9.47 Å². The maximum Gasteiger partial charge on any atom is 0.508 e. The number of ether oxygens (including phenoxy) is 2. The molecule has 0 aliphatic heterocycles. The standard InChI is InChI=1S/C23H45NO3/c1-2-26-23(25)27-22-20-18-16-14-12-10-8-6-4-3-5-7-9-11-13-15-17-19-21-24/h3,5H,2,4,6-22,24H2,1H3/b5-3-. The van der Waals surface area contributed by atoms with Crippen LogP contribution < -0.4 is 5.73 Å². The van der Waals surface area contributed by atoms with Crippen molar-refractivity contribution < 1.29 is 14.3 Å². The van der Waals surface area contributed by atoms with Gasteiger partial charge < -0.3 is 15.2 Å². The Labute approximate surface area is 168 Å². The summed E-state index contributed by atoms with van der Waals surface area (Å²) in [5, 5.41) is 0. The van der Waals surface area contributed by atoms with Gasteiger partial charge in [0.2, 0.25) is 0 Å². The Balaban J connectivity index is 3.11. The van der Waals surface area contributed by atoms with Crippen LogP contribution in [0.4, 0.5) is 4.79 Å². The molecule has 0 bridgehead atoms. The van der Waals surface area contributed by atoms with Crippen molar-refractivity contribution in [3.63, 3.8) is 0 Å². The first-order valence-electron chi connectivity index (χ1n) is 11.5. The fourth-order valence-electron chi connectivity index (χ4n) is 3.09. The predicted octanol–water partition coefficient (Wildman–Crippen LogP) is 6.92. The summed E-state index contributed by atoms with van der Waals surface area (Å²) < 4.78 is 9.66. The van der Waals surface area contributed by atoms with Crippen LogP contribution in [0.1, 0.15) is 110 Å². The molecule has 0 unspecified atom stereocenters. The van der Waals surface area contributed by atoms with E-state index in [-0.39, 0.29) is 0 Å². The van der Waals surface area contributed by atoms with Crippen molar-refractivity contribution in [3.05, 3.63) is 12.2 Å². The summed E-state index contributed by atoms with van der Waals surface area (Å²) in [4.78, 5) is 11.0. The zero-order chi connectivity index (χ0) is 19.8. The SMILES string of the molecule is CCOC(=O)OCCCCCCCCCC/C=C\CCCCCCCCN.